The van der Waals surface area contributed by atoms with E-state index in [4.69, 9.17) is 4.74 Å². The number of esters is 1. The van der Waals surface area contributed by atoms with Crippen LogP contribution >= 0.6 is 0 Å². The SMILES string of the molecule is CCC1CC(=O)C(C)(OC(=O)C(CC)CC(C)(C)C(=O)O)C(CC)C1. The molecule has 5 heteroatoms. The third-order valence-electron chi connectivity index (χ3n) is 5.97. The lowest BCUT2D eigenvalue weighted by Crippen LogP contribution is -2.52. The molecule has 25 heavy (non-hydrogen) atoms. The van der Waals surface area contributed by atoms with E-state index >= 15 is 0 Å². The van der Waals surface area contributed by atoms with E-state index in [1.54, 1.807) is 20.8 Å². The van der Waals surface area contributed by atoms with Crippen LogP contribution < -0.4 is 0 Å². The highest BCUT2D eigenvalue weighted by atomic mass is 16.6. The Bertz CT molecular complexity index is 510. The maximum Gasteiger partial charge on any atom is 0.309 e. The van der Waals surface area contributed by atoms with Gasteiger partial charge in [-0.25, -0.2) is 0 Å². The lowest BCUT2D eigenvalue weighted by molar-refractivity contribution is -0.182. The molecule has 0 saturated heterocycles. The summed E-state index contributed by atoms with van der Waals surface area (Å²) in [5.74, 6) is -1.52. The van der Waals surface area contributed by atoms with Gasteiger partial charge in [0.1, 0.15) is 0 Å². The Hall–Kier alpha value is -1.39. The van der Waals surface area contributed by atoms with E-state index in [-0.39, 0.29) is 18.1 Å². The lowest BCUT2D eigenvalue weighted by atomic mass is 9.69. The van der Waals surface area contributed by atoms with Gasteiger partial charge in [-0.1, -0.05) is 27.2 Å². The number of carboxylic acids is 1. The fraction of sp³-hybridized carbons (Fsp3) is 0.850. The van der Waals surface area contributed by atoms with Crippen LogP contribution in [0.1, 0.15) is 80.1 Å². The quantitative estimate of drug-likeness (QED) is 0.660. The largest absolute Gasteiger partial charge is 0.481 e. The molecule has 1 aliphatic carbocycles. The second kappa shape index (κ2) is 8.33. The van der Waals surface area contributed by atoms with Crippen molar-refractivity contribution in [2.75, 3.05) is 0 Å². The van der Waals surface area contributed by atoms with E-state index in [0.717, 1.165) is 19.3 Å². The molecule has 0 heterocycles. The highest BCUT2D eigenvalue weighted by Crippen LogP contribution is 2.41. The molecule has 0 aromatic rings. The van der Waals surface area contributed by atoms with E-state index in [0.29, 0.717) is 18.8 Å². The van der Waals surface area contributed by atoms with Crippen molar-refractivity contribution in [2.45, 2.75) is 85.7 Å². The number of hydrogen-bond donors (Lipinski definition) is 1. The standard InChI is InChI=1S/C20H34O5/c1-7-13-10-15(9-3)20(6,16(21)11-13)25-17(22)14(8-2)12-19(4,5)18(23)24/h13-15H,7-12H2,1-6H3,(H,23,24). The Balaban J connectivity index is 2.94. The number of ketones is 1. The van der Waals surface area contributed by atoms with Gasteiger partial charge >= 0.3 is 11.9 Å². The van der Waals surface area contributed by atoms with E-state index in [2.05, 4.69) is 6.92 Å². The first kappa shape index (κ1) is 21.7. The number of ether oxygens (including phenoxy) is 1. The van der Waals surface area contributed by atoms with Crippen molar-refractivity contribution in [3.05, 3.63) is 0 Å². The number of carbonyl (C=O) groups excluding carboxylic acids is 2. The van der Waals surface area contributed by atoms with Gasteiger partial charge in [0.2, 0.25) is 0 Å². The first-order valence-electron chi connectivity index (χ1n) is 9.51. The van der Waals surface area contributed by atoms with Crippen molar-refractivity contribution in [1.29, 1.82) is 0 Å². The number of carboxylic acid groups (broad SMARTS) is 1. The second-order valence-corrected chi connectivity index (χ2v) is 8.27. The number of aliphatic carboxylic acids is 1. The third-order valence-corrected chi connectivity index (χ3v) is 5.97. The Morgan fingerprint density at radius 2 is 1.88 bits per heavy atom. The molecule has 0 aromatic carbocycles. The Kier molecular flexibility index (Phi) is 7.21. The molecule has 0 aromatic heterocycles. The van der Waals surface area contributed by atoms with E-state index < -0.39 is 28.9 Å². The van der Waals surface area contributed by atoms with Crippen molar-refractivity contribution >= 4 is 17.7 Å². The maximum atomic E-state index is 12.7. The number of Topliss-reactive ketones (excluding diaryl/α,β-unsaturated/α-hetero) is 1. The zero-order valence-electron chi connectivity index (χ0n) is 16.6. The van der Waals surface area contributed by atoms with Crippen LogP contribution in [0.5, 0.6) is 0 Å². The molecule has 4 atom stereocenters. The molecule has 0 amide bonds. The van der Waals surface area contributed by atoms with Crippen LogP contribution in [-0.4, -0.2) is 28.4 Å². The molecule has 1 saturated carbocycles. The molecule has 0 radical (unpaired) electrons. The van der Waals surface area contributed by atoms with Crippen molar-refractivity contribution < 1.29 is 24.2 Å². The van der Waals surface area contributed by atoms with Crippen LogP contribution in [0.15, 0.2) is 0 Å². The van der Waals surface area contributed by atoms with Gasteiger partial charge in [-0.2, -0.15) is 0 Å². The first-order chi connectivity index (χ1) is 11.5. The summed E-state index contributed by atoms with van der Waals surface area (Å²) in [4.78, 5) is 36.8. The topological polar surface area (TPSA) is 80.7 Å². The van der Waals surface area contributed by atoms with Gasteiger partial charge < -0.3 is 9.84 Å². The summed E-state index contributed by atoms with van der Waals surface area (Å²) in [6.45, 7) is 10.9. The van der Waals surface area contributed by atoms with Gasteiger partial charge in [-0.15, -0.1) is 0 Å². The van der Waals surface area contributed by atoms with Crippen molar-refractivity contribution in [1.82, 2.24) is 0 Å². The number of carbonyl (C=O) groups is 3. The van der Waals surface area contributed by atoms with Crippen molar-refractivity contribution in [3.63, 3.8) is 0 Å². The molecule has 1 aliphatic rings. The predicted octanol–water partition coefficient (Wildman–Crippen LogP) is 4.23. The van der Waals surface area contributed by atoms with Gasteiger partial charge in [-0.05, 0) is 52.4 Å². The Labute approximate surface area is 151 Å². The molecular weight excluding hydrogens is 320 g/mol. The van der Waals surface area contributed by atoms with E-state index in [1.807, 2.05) is 13.8 Å². The summed E-state index contributed by atoms with van der Waals surface area (Å²) in [5, 5.41) is 9.31. The fourth-order valence-electron chi connectivity index (χ4n) is 3.80. The minimum atomic E-state index is -1.09. The average Bonchev–Trinajstić information content (AvgIpc) is 2.54. The molecule has 0 spiro atoms. The Morgan fingerprint density at radius 3 is 2.32 bits per heavy atom. The monoisotopic (exact) mass is 354 g/mol. The molecule has 0 aliphatic heterocycles. The van der Waals surface area contributed by atoms with Crippen LogP contribution in [-0.2, 0) is 19.1 Å². The summed E-state index contributed by atoms with van der Waals surface area (Å²) in [6, 6.07) is 0. The van der Waals surface area contributed by atoms with E-state index in [9.17, 15) is 19.5 Å². The molecule has 1 rings (SSSR count). The summed E-state index contributed by atoms with van der Waals surface area (Å²) < 4.78 is 5.78. The van der Waals surface area contributed by atoms with Gasteiger partial charge in [0.15, 0.2) is 11.4 Å². The maximum absolute atomic E-state index is 12.7. The Morgan fingerprint density at radius 1 is 1.28 bits per heavy atom. The number of hydrogen-bond acceptors (Lipinski definition) is 4. The normalized spacial score (nSPS) is 28.5. The fourth-order valence-corrected chi connectivity index (χ4v) is 3.80. The zero-order chi connectivity index (χ0) is 19.4. The second-order valence-electron chi connectivity index (χ2n) is 8.27. The molecular formula is C20H34O5. The highest BCUT2D eigenvalue weighted by molar-refractivity contribution is 5.91. The van der Waals surface area contributed by atoms with Crippen LogP contribution in [0.2, 0.25) is 0 Å². The van der Waals surface area contributed by atoms with E-state index in [1.165, 1.54) is 0 Å². The lowest BCUT2D eigenvalue weighted by Gasteiger charge is -2.42. The summed E-state index contributed by atoms with van der Waals surface area (Å²) in [5.41, 5.74) is -2.09. The van der Waals surface area contributed by atoms with Crippen molar-refractivity contribution in [2.24, 2.45) is 23.2 Å². The van der Waals surface area contributed by atoms with Crippen LogP contribution in [0.25, 0.3) is 0 Å². The van der Waals surface area contributed by atoms with Crippen LogP contribution in [0.4, 0.5) is 0 Å². The van der Waals surface area contributed by atoms with Crippen LogP contribution in [0.3, 0.4) is 0 Å². The first-order valence-corrected chi connectivity index (χ1v) is 9.51. The average molecular weight is 354 g/mol. The molecule has 1 fully saturated rings. The minimum absolute atomic E-state index is 0.00171. The molecule has 0 bridgehead atoms. The summed E-state index contributed by atoms with van der Waals surface area (Å²) >= 11 is 0. The van der Waals surface area contributed by atoms with Crippen molar-refractivity contribution in [3.8, 4) is 0 Å². The highest BCUT2D eigenvalue weighted by Gasteiger charge is 2.49. The van der Waals surface area contributed by atoms with Gasteiger partial charge in [0.05, 0.1) is 11.3 Å². The summed E-state index contributed by atoms with van der Waals surface area (Å²) in [7, 11) is 0. The summed E-state index contributed by atoms with van der Waals surface area (Å²) in [6.07, 6.45) is 3.78. The van der Waals surface area contributed by atoms with Gasteiger partial charge in [-0.3, -0.25) is 14.4 Å². The zero-order valence-corrected chi connectivity index (χ0v) is 16.6. The molecule has 1 N–H and O–H groups in total. The number of rotatable bonds is 8. The third kappa shape index (κ3) is 4.83. The molecule has 4 unspecified atom stereocenters. The molecule has 144 valence electrons. The predicted molar refractivity (Wildman–Crippen MR) is 96.1 cm³/mol. The van der Waals surface area contributed by atoms with Gasteiger partial charge in [0.25, 0.3) is 0 Å². The smallest absolute Gasteiger partial charge is 0.309 e. The van der Waals surface area contributed by atoms with Crippen LogP contribution in [0, 0.1) is 23.2 Å². The van der Waals surface area contributed by atoms with Gasteiger partial charge in [0, 0.05) is 12.3 Å². The minimum Gasteiger partial charge on any atom is -0.481 e. The molecule has 5 nitrogen and oxygen atoms in total.